The molecule has 14 heteroatoms. The summed E-state index contributed by atoms with van der Waals surface area (Å²) in [6.45, 7) is 1.43. The van der Waals surface area contributed by atoms with Crippen molar-refractivity contribution in [2.45, 2.75) is 62.4 Å². The molecule has 0 aromatic heterocycles. The van der Waals surface area contributed by atoms with Gasteiger partial charge < -0.3 is 49.8 Å². The number of hydrogen-bond donors (Lipinski definition) is 6. The van der Waals surface area contributed by atoms with Crippen LogP contribution < -0.4 is 10.1 Å². The summed E-state index contributed by atoms with van der Waals surface area (Å²) in [7, 11) is 1.33. The highest BCUT2D eigenvalue weighted by molar-refractivity contribution is 6.31. The van der Waals surface area contributed by atoms with Crippen LogP contribution in [0.3, 0.4) is 0 Å². The fourth-order valence-corrected chi connectivity index (χ4v) is 6.44. The Bertz CT molecular complexity index is 1590. The number of aliphatic hydroxyl groups excluding tert-OH is 2. The number of carbonyl (C=O) groups is 3. The summed E-state index contributed by atoms with van der Waals surface area (Å²) < 4.78 is 22.8. The maximum atomic E-state index is 13.8. The second kappa shape index (κ2) is 11.1. The molecule has 2 aliphatic heterocycles. The number of benzene rings is 2. The van der Waals surface area contributed by atoms with Crippen LogP contribution in [0.2, 0.25) is 0 Å². The molecule has 0 spiro atoms. The quantitative estimate of drug-likeness (QED) is 0.203. The number of nitrogens with zero attached hydrogens (tertiary/aromatic N) is 1. The number of ketones is 3. The van der Waals surface area contributed by atoms with Gasteiger partial charge in [0.05, 0.1) is 48.6 Å². The molecule has 14 nitrogen and oxygen atoms in total. The Labute approximate surface area is 250 Å². The number of hydrogen-bond acceptors (Lipinski definition) is 14. The summed E-state index contributed by atoms with van der Waals surface area (Å²) in [4.78, 5) is 44.4. The minimum Gasteiger partial charge on any atom is -0.507 e. The van der Waals surface area contributed by atoms with Crippen LogP contribution in [-0.2, 0) is 25.4 Å². The molecule has 1 saturated heterocycles. The molecule has 2 aromatic rings. The van der Waals surface area contributed by atoms with Gasteiger partial charge in [0, 0.05) is 36.0 Å². The number of Topliss-reactive ketones (excluding diaryl/α,β-unsaturated/α-hetero) is 1. The van der Waals surface area contributed by atoms with Crippen molar-refractivity contribution < 1.29 is 58.9 Å². The Hall–Kier alpha value is -4.08. The van der Waals surface area contributed by atoms with Gasteiger partial charge in [-0.25, -0.2) is 4.99 Å². The van der Waals surface area contributed by atoms with E-state index < -0.39 is 95.7 Å². The number of aliphatic imine (C=N–C) groups is 1. The molecule has 0 saturated carbocycles. The van der Waals surface area contributed by atoms with Gasteiger partial charge in [-0.15, -0.1) is 0 Å². The number of aromatic hydroxyl groups is 2. The lowest BCUT2D eigenvalue weighted by Gasteiger charge is -2.43. The maximum absolute atomic E-state index is 13.8. The van der Waals surface area contributed by atoms with E-state index in [1.54, 1.807) is 6.92 Å². The highest BCUT2D eigenvalue weighted by Gasteiger charge is 2.50. The number of phenolic OH excluding ortho intramolecular Hbond substituents is 2. The molecule has 234 valence electrons. The Balaban J connectivity index is 1.44. The lowest BCUT2D eigenvalue weighted by Crippen LogP contribution is -2.56. The average molecular weight is 613 g/mol. The van der Waals surface area contributed by atoms with Gasteiger partial charge in [0.15, 0.2) is 17.9 Å². The highest BCUT2D eigenvalue weighted by Crippen LogP contribution is 2.52. The van der Waals surface area contributed by atoms with Crippen molar-refractivity contribution >= 4 is 23.4 Å². The van der Waals surface area contributed by atoms with Crippen molar-refractivity contribution in [2.75, 3.05) is 26.9 Å². The summed E-state index contributed by atoms with van der Waals surface area (Å²) in [5.74, 6) is -3.80. The van der Waals surface area contributed by atoms with Crippen molar-refractivity contribution in [3.63, 3.8) is 0 Å². The van der Waals surface area contributed by atoms with Crippen molar-refractivity contribution in [1.82, 2.24) is 5.32 Å². The van der Waals surface area contributed by atoms with Gasteiger partial charge in [0.1, 0.15) is 42.2 Å². The number of methoxy groups -OCH3 is 1. The van der Waals surface area contributed by atoms with Gasteiger partial charge in [-0.1, -0.05) is 12.1 Å². The van der Waals surface area contributed by atoms with Crippen LogP contribution >= 0.6 is 0 Å². The molecule has 44 heavy (non-hydrogen) atoms. The molecule has 2 heterocycles. The summed E-state index contributed by atoms with van der Waals surface area (Å²) in [6, 6.07) is 3.98. The van der Waals surface area contributed by atoms with Crippen LogP contribution in [0.15, 0.2) is 23.2 Å². The SMILES string of the molecule is COc1cccc2c1C(=O)c1c(O)c3c(c(O)c1C2=O)C[C@@](O)(C(=O)CO)C[C@@H]3OC1CC(NC2=NCCO2)C(O)C(C)O1. The van der Waals surface area contributed by atoms with Crippen LogP contribution in [0, 0.1) is 0 Å². The molecule has 4 unspecified atom stereocenters. The monoisotopic (exact) mass is 612 g/mol. The molecule has 1 fully saturated rings. The van der Waals surface area contributed by atoms with Gasteiger partial charge in [-0.05, 0) is 13.0 Å². The second-order valence-corrected chi connectivity index (χ2v) is 11.3. The fraction of sp³-hybridized carbons (Fsp3) is 0.467. The van der Waals surface area contributed by atoms with Gasteiger partial charge in [-0.3, -0.25) is 14.4 Å². The molecule has 6 atom stereocenters. The zero-order valence-corrected chi connectivity index (χ0v) is 23.9. The molecule has 0 amide bonds. The van der Waals surface area contributed by atoms with Crippen molar-refractivity contribution in [1.29, 1.82) is 0 Å². The van der Waals surface area contributed by atoms with E-state index in [-0.39, 0.29) is 40.4 Å². The lowest BCUT2D eigenvalue weighted by atomic mass is 9.72. The van der Waals surface area contributed by atoms with Crippen LogP contribution in [0.5, 0.6) is 17.2 Å². The number of rotatable bonds is 6. The second-order valence-electron chi connectivity index (χ2n) is 11.3. The molecular weight excluding hydrogens is 580 g/mol. The first kappa shape index (κ1) is 30.0. The first-order valence-electron chi connectivity index (χ1n) is 14.1. The van der Waals surface area contributed by atoms with Gasteiger partial charge in [-0.2, -0.15) is 0 Å². The standard InChI is InChI=1S/C30H32N2O12/c1-12-24(35)15(32-29-31-6-7-42-29)8-19(43-12)44-17-10-30(40,18(34)11-33)9-14-21(17)28(39)23-22(26(14)37)25(36)13-4-3-5-16(41-2)20(13)27(23)38/h3-5,12,15,17,19,24,33,35,37,39-40H,6-11H2,1-2H3,(H,31,32)/t12?,15?,17-,19?,24?,30-/m0/s1. The average Bonchev–Trinajstić information content (AvgIpc) is 3.52. The van der Waals surface area contributed by atoms with E-state index in [1.807, 2.05) is 0 Å². The minimum atomic E-state index is -2.27. The molecule has 0 bridgehead atoms. The third kappa shape index (κ3) is 4.70. The number of fused-ring (bicyclic) bond motifs is 3. The first-order valence-corrected chi connectivity index (χ1v) is 14.1. The van der Waals surface area contributed by atoms with E-state index in [0.29, 0.717) is 13.2 Å². The third-order valence-electron chi connectivity index (χ3n) is 8.65. The normalized spacial score (nSPS) is 29.2. The van der Waals surface area contributed by atoms with E-state index in [9.17, 15) is 39.9 Å². The molecule has 6 rings (SSSR count). The van der Waals surface area contributed by atoms with Gasteiger partial charge >= 0.3 is 0 Å². The number of phenols is 2. The van der Waals surface area contributed by atoms with E-state index >= 15 is 0 Å². The van der Waals surface area contributed by atoms with E-state index in [4.69, 9.17) is 18.9 Å². The number of carbonyl (C=O) groups excluding carboxylic acids is 3. The Kier molecular flexibility index (Phi) is 7.58. The molecule has 2 aromatic carbocycles. The maximum Gasteiger partial charge on any atom is 0.285 e. The number of amidine groups is 1. The Morgan fingerprint density at radius 3 is 2.59 bits per heavy atom. The fourth-order valence-electron chi connectivity index (χ4n) is 6.44. The minimum absolute atomic E-state index is 0.0335. The van der Waals surface area contributed by atoms with Crippen molar-refractivity contribution in [3.05, 3.63) is 51.6 Å². The zero-order chi connectivity index (χ0) is 31.5. The van der Waals surface area contributed by atoms with Gasteiger partial charge in [0.2, 0.25) is 5.78 Å². The summed E-state index contributed by atoms with van der Waals surface area (Å²) in [5.41, 5.74) is -3.69. The predicted molar refractivity (Wildman–Crippen MR) is 149 cm³/mol. The highest BCUT2D eigenvalue weighted by atomic mass is 16.7. The lowest BCUT2D eigenvalue weighted by molar-refractivity contribution is -0.248. The van der Waals surface area contributed by atoms with Crippen molar-refractivity contribution in [3.8, 4) is 17.2 Å². The number of ether oxygens (including phenoxy) is 4. The van der Waals surface area contributed by atoms with Crippen LogP contribution in [0.25, 0.3) is 0 Å². The Morgan fingerprint density at radius 1 is 1.16 bits per heavy atom. The van der Waals surface area contributed by atoms with Crippen LogP contribution in [0.4, 0.5) is 0 Å². The van der Waals surface area contributed by atoms with E-state index in [2.05, 4.69) is 10.3 Å². The molecular formula is C30H32N2O12. The largest absolute Gasteiger partial charge is 0.507 e. The predicted octanol–water partition coefficient (Wildman–Crippen LogP) is 0.0184. The molecule has 2 aliphatic carbocycles. The molecule has 6 N–H and O–H groups in total. The first-order chi connectivity index (χ1) is 21.0. The molecule has 4 aliphatic rings. The molecule has 0 radical (unpaired) electrons. The van der Waals surface area contributed by atoms with Gasteiger partial charge in [0.25, 0.3) is 6.02 Å². The summed E-state index contributed by atoms with van der Waals surface area (Å²) >= 11 is 0. The summed E-state index contributed by atoms with van der Waals surface area (Å²) in [5, 5.41) is 57.9. The third-order valence-corrected chi connectivity index (χ3v) is 8.65. The Morgan fingerprint density at radius 2 is 1.91 bits per heavy atom. The number of aliphatic hydroxyl groups is 3. The van der Waals surface area contributed by atoms with E-state index in [1.165, 1.54) is 25.3 Å². The van der Waals surface area contributed by atoms with E-state index in [0.717, 1.165) is 0 Å². The number of nitrogens with one attached hydrogen (secondary N) is 1. The zero-order valence-electron chi connectivity index (χ0n) is 23.9. The topological polar surface area (TPSA) is 214 Å². The smallest absolute Gasteiger partial charge is 0.285 e. The van der Waals surface area contributed by atoms with Crippen LogP contribution in [0.1, 0.15) is 68.8 Å². The van der Waals surface area contributed by atoms with Crippen molar-refractivity contribution in [2.24, 2.45) is 4.99 Å². The van der Waals surface area contributed by atoms with Crippen LogP contribution in [-0.4, -0.2) is 106 Å². The summed E-state index contributed by atoms with van der Waals surface area (Å²) in [6.07, 6.45) is -5.25.